The van der Waals surface area contributed by atoms with Crippen molar-refractivity contribution in [1.29, 1.82) is 0 Å². The van der Waals surface area contributed by atoms with Crippen LogP contribution in [0.4, 0.5) is 0 Å². The van der Waals surface area contributed by atoms with Crippen molar-refractivity contribution < 1.29 is 4.79 Å². The molecule has 0 rings (SSSR count). The first-order chi connectivity index (χ1) is 7.47. The Labute approximate surface area is 98.8 Å². The molecule has 0 heterocycles. The Hall–Kier alpha value is -1.05. The molecule has 0 bridgehead atoms. The lowest BCUT2D eigenvalue weighted by atomic mass is 10.2. The summed E-state index contributed by atoms with van der Waals surface area (Å²) in [5.41, 5.74) is 0. The topological polar surface area (TPSA) is 44.4 Å². The predicted octanol–water partition coefficient (Wildman–Crippen LogP) is 0.0541. The molecular weight excluding hydrogens is 202 g/mol. The van der Waals surface area contributed by atoms with Crippen LogP contribution in [0.5, 0.6) is 0 Å². The Kier molecular flexibility index (Phi) is 7.61. The van der Waals surface area contributed by atoms with Gasteiger partial charge in [-0.1, -0.05) is 5.92 Å². The summed E-state index contributed by atoms with van der Waals surface area (Å²) in [6.45, 7) is 5.22. The Bertz CT molecular complexity index is 245. The molecule has 0 aromatic heterocycles. The molecule has 4 heteroatoms. The van der Waals surface area contributed by atoms with E-state index in [-0.39, 0.29) is 18.5 Å². The Morgan fingerprint density at radius 2 is 2.06 bits per heavy atom. The molecule has 0 fully saturated rings. The predicted molar refractivity (Wildman–Crippen MR) is 67.1 cm³/mol. The first-order valence-electron chi connectivity index (χ1n) is 5.59. The standard InChI is InChI=1S/C12H23N3O/c1-6-8-13-12(16)11(3)14-10(2)7-9-15(4)5/h1,10-11,14H,7-9H2,2-5H3,(H,13,16). The van der Waals surface area contributed by atoms with Gasteiger partial charge in [0.05, 0.1) is 12.6 Å². The number of nitrogens with one attached hydrogen (secondary N) is 2. The minimum atomic E-state index is -0.203. The van der Waals surface area contributed by atoms with E-state index in [1.807, 2.05) is 21.0 Å². The fourth-order valence-corrected chi connectivity index (χ4v) is 1.33. The van der Waals surface area contributed by atoms with Crippen LogP contribution in [-0.2, 0) is 4.79 Å². The van der Waals surface area contributed by atoms with Crippen molar-refractivity contribution in [1.82, 2.24) is 15.5 Å². The van der Waals surface area contributed by atoms with Crippen molar-refractivity contribution in [2.24, 2.45) is 0 Å². The first-order valence-corrected chi connectivity index (χ1v) is 5.59. The second-order valence-electron chi connectivity index (χ2n) is 4.30. The minimum Gasteiger partial charge on any atom is -0.344 e. The fourth-order valence-electron chi connectivity index (χ4n) is 1.33. The average Bonchev–Trinajstić information content (AvgIpc) is 2.22. The maximum atomic E-state index is 11.5. The highest BCUT2D eigenvalue weighted by atomic mass is 16.2. The molecule has 0 aliphatic heterocycles. The van der Waals surface area contributed by atoms with E-state index in [1.54, 1.807) is 0 Å². The van der Waals surface area contributed by atoms with E-state index in [0.717, 1.165) is 13.0 Å². The summed E-state index contributed by atoms with van der Waals surface area (Å²) in [6.07, 6.45) is 6.08. The second kappa shape index (κ2) is 8.14. The Morgan fingerprint density at radius 1 is 1.44 bits per heavy atom. The van der Waals surface area contributed by atoms with Crippen molar-refractivity contribution in [3.8, 4) is 12.3 Å². The van der Waals surface area contributed by atoms with Crippen LogP contribution in [0, 0.1) is 12.3 Å². The molecule has 92 valence electrons. The molecule has 0 saturated carbocycles. The lowest BCUT2D eigenvalue weighted by Gasteiger charge is -2.20. The molecule has 1 amide bonds. The van der Waals surface area contributed by atoms with Gasteiger partial charge in [-0.2, -0.15) is 0 Å². The number of hydrogen-bond donors (Lipinski definition) is 2. The summed E-state index contributed by atoms with van der Waals surface area (Å²) in [5, 5.41) is 5.89. The zero-order valence-corrected chi connectivity index (χ0v) is 10.7. The number of rotatable bonds is 7. The van der Waals surface area contributed by atoms with E-state index in [1.165, 1.54) is 0 Å². The van der Waals surface area contributed by atoms with Gasteiger partial charge in [0.1, 0.15) is 0 Å². The monoisotopic (exact) mass is 225 g/mol. The molecule has 0 aromatic carbocycles. The van der Waals surface area contributed by atoms with Gasteiger partial charge in [-0.05, 0) is 40.9 Å². The number of amides is 1. The number of carbonyl (C=O) groups is 1. The summed E-state index contributed by atoms with van der Waals surface area (Å²) in [5.74, 6) is 2.33. The lowest BCUT2D eigenvalue weighted by Crippen LogP contribution is -2.46. The molecule has 16 heavy (non-hydrogen) atoms. The molecule has 2 unspecified atom stereocenters. The summed E-state index contributed by atoms with van der Waals surface area (Å²) in [6, 6.07) is 0.111. The van der Waals surface area contributed by atoms with E-state index in [2.05, 4.69) is 28.4 Å². The number of hydrogen-bond acceptors (Lipinski definition) is 3. The highest BCUT2D eigenvalue weighted by molar-refractivity contribution is 5.81. The van der Waals surface area contributed by atoms with Gasteiger partial charge in [0.15, 0.2) is 0 Å². The van der Waals surface area contributed by atoms with Crippen molar-refractivity contribution in [3.63, 3.8) is 0 Å². The zero-order chi connectivity index (χ0) is 12.6. The van der Waals surface area contributed by atoms with Crippen LogP contribution in [0.2, 0.25) is 0 Å². The number of terminal acetylenes is 1. The van der Waals surface area contributed by atoms with Gasteiger partial charge in [0.2, 0.25) is 5.91 Å². The molecule has 4 nitrogen and oxygen atoms in total. The van der Waals surface area contributed by atoms with Crippen LogP contribution >= 0.6 is 0 Å². The van der Waals surface area contributed by atoms with Gasteiger partial charge < -0.3 is 15.5 Å². The molecule has 0 spiro atoms. The van der Waals surface area contributed by atoms with Crippen LogP contribution in [-0.4, -0.2) is 50.1 Å². The van der Waals surface area contributed by atoms with E-state index in [0.29, 0.717) is 6.04 Å². The Balaban J connectivity index is 3.81. The number of nitrogens with zero attached hydrogens (tertiary/aromatic N) is 1. The highest BCUT2D eigenvalue weighted by Gasteiger charge is 2.14. The second-order valence-corrected chi connectivity index (χ2v) is 4.30. The smallest absolute Gasteiger partial charge is 0.237 e. The maximum Gasteiger partial charge on any atom is 0.237 e. The van der Waals surface area contributed by atoms with E-state index in [4.69, 9.17) is 6.42 Å². The third kappa shape index (κ3) is 7.27. The lowest BCUT2D eigenvalue weighted by molar-refractivity contribution is -0.122. The van der Waals surface area contributed by atoms with Gasteiger partial charge >= 0.3 is 0 Å². The zero-order valence-electron chi connectivity index (χ0n) is 10.7. The summed E-state index contributed by atoms with van der Waals surface area (Å²) in [7, 11) is 4.07. The van der Waals surface area contributed by atoms with Crippen molar-refractivity contribution in [2.45, 2.75) is 32.4 Å². The van der Waals surface area contributed by atoms with Crippen LogP contribution in [0.1, 0.15) is 20.3 Å². The highest BCUT2D eigenvalue weighted by Crippen LogP contribution is 1.94. The van der Waals surface area contributed by atoms with E-state index in [9.17, 15) is 4.79 Å². The van der Waals surface area contributed by atoms with Crippen molar-refractivity contribution in [2.75, 3.05) is 27.2 Å². The van der Waals surface area contributed by atoms with E-state index >= 15 is 0 Å². The van der Waals surface area contributed by atoms with Gasteiger partial charge in [0.25, 0.3) is 0 Å². The molecule has 0 aliphatic carbocycles. The van der Waals surface area contributed by atoms with Crippen LogP contribution in [0.15, 0.2) is 0 Å². The SMILES string of the molecule is C#CCNC(=O)C(C)NC(C)CCN(C)C. The fraction of sp³-hybridized carbons (Fsp3) is 0.750. The quantitative estimate of drug-likeness (QED) is 0.602. The third-order valence-corrected chi connectivity index (χ3v) is 2.30. The van der Waals surface area contributed by atoms with Crippen LogP contribution in [0.25, 0.3) is 0 Å². The average molecular weight is 225 g/mol. The van der Waals surface area contributed by atoms with Crippen LogP contribution in [0.3, 0.4) is 0 Å². The minimum absolute atomic E-state index is 0.0466. The van der Waals surface area contributed by atoms with E-state index < -0.39 is 0 Å². The molecule has 2 atom stereocenters. The van der Waals surface area contributed by atoms with Crippen molar-refractivity contribution >= 4 is 5.91 Å². The first kappa shape index (κ1) is 14.9. The molecule has 2 N–H and O–H groups in total. The van der Waals surface area contributed by atoms with Gasteiger partial charge in [-0.25, -0.2) is 0 Å². The van der Waals surface area contributed by atoms with Gasteiger partial charge in [0, 0.05) is 6.04 Å². The summed E-state index contributed by atoms with van der Waals surface area (Å²) >= 11 is 0. The van der Waals surface area contributed by atoms with Crippen LogP contribution < -0.4 is 10.6 Å². The third-order valence-electron chi connectivity index (χ3n) is 2.30. The molecule has 0 aromatic rings. The summed E-state index contributed by atoms with van der Waals surface area (Å²) < 4.78 is 0. The molecule has 0 saturated heterocycles. The normalized spacial score (nSPS) is 14.2. The van der Waals surface area contributed by atoms with Gasteiger partial charge in [-0.3, -0.25) is 4.79 Å². The Morgan fingerprint density at radius 3 is 2.56 bits per heavy atom. The molecule has 0 aliphatic rings. The largest absolute Gasteiger partial charge is 0.344 e. The summed E-state index contributed by atoms with van der Waals surface area (Å²) in [4.78, 5) is 13.6. The number of carbonyl (C=O) groups excluding carboxylic acids is 1. The molecular formula is C12H23N3O. The molecule has 0 radical (unpaired) electrons. The maximum absolute atomic E-state index is 11.5. The van der Waals surface area contributed by atoms with Crippen molar-refractivity contribution in [3.05, 3.63) is 0 Å². The van der Waals surface area contributed by atoms with Gasteiger partial charge in [-0.15, -0.1) is 6.42 Å².